The summed E-state index contributed by atoms with van der Waals surface area (Å²) >= 11 is 0. The van der Waals surface area contributed by atoms with Crippen molar-refractivity contribution in [2.45, 2.75) is 75.3 Å². The van der Waals surface area contributed by atoms with Gasteiger partial charge >= 0.3 is 11.9 Å². The van der Waals surface area contributed by atoms with Crippen LogP contribution in [-0.2, 0) is 33.2 Å². The maximum absolute atomic E-state index is 13.8. The Balaban J connectivity index is 1.40. The van der Waals surface area contributed by atoms with Gasteiger partial charge in [-0.05, 0) is 55.5 Å². The third-order valence-corrected chi connectivity index (χ3v) is 13.3. The minimum Gasteiger partial charge on any atom is -0.497 e. The van der Waals surface area contributed by atoms with E-state index in [4.69, 9.17) is 33.2 Å². The average Bonchev–Trinajstić information content (AvgIpc) is 3.39. The van der Waals surface area contributed by atoms with Crippen molar-refractivity contribution < 1.29 is 47.9 Å². The topological polar surface area (TPSA) is 122 Å². The number of aliphatic hydroxyl groups is 1. The lowest BCUT2D eigenvalue weighted by Crippen LogP contribution is -2.77. The zero-order valence-electron chi connectivity index (χ0n) is 28.0. The highest BCUT2D eigenvalue weighted by Crippen LogP contribution is 2.79. The molecule has 1 aromatic carbocycles. The first-order valence-corrected chi connectivity index (χ1v) is 16.7. The second-order valence-electron chi connectivity index (χ2n) is 14.5. The molecule has 0 radical (unpaired) electrons. The van der Waals surface area contributed by atoms with Gasteiger partial charge in [-0.25, -0.2) is 4.79 Å². The molecule has 1 spiro atoms. The minimum absolute atomic E-state index is 0.0474. The molecule has 1 unspecified atom stereocenters. The van der Waals surface area contributed by atoms with Gasteiger partial charge in [0.05, 0.1) is 37.6 Å². The summed E-state index contributed by atoms with van der Waals surface area (Å²) in [4.78, 5) is 28.9. The standard InChI is InChI=1S/C35H49NO10/c1-8-36-16-33(17-40-3)23(45-18(2)37)14-25(43-6)35-22-15-34(39)24(42-5)13-21(27(30(35)36)28(44-7)29(33)35)26(22)31(34)46-32(38)19-9-11-20(41-4)12-10-19/h9-12,21-31,39H,8,13-17H2,1-7H3/t21-,22+,23+,24-,25-,26+,27-,28-,29+,30?,31+,33-,34-,35-/m0/s1. The predicted molar refractivity (Wildman–Crippen MR) is 164 cm³/mol. The summed E-state index contributed by atoms with van der Waals surface area (Å²) in [6, 6.07) is 6.94. The lowest BCUT2D eigenvalue weighted by atomic mass is 9.43. The van der Waals surface area contributed by atoms with Gasteiger partial charge < -0.3 is 38.3 Å². The number of rotatable bonds is 10. The second kappa shape index (κ2) is 11.4. The first kappa shape index (κ1) is 32.3. The van der Waals surface area contributed by atoms with Crippen molar-refractivity contribution in [3.63, 3.8) is 0 Å². The van der Waals surface area contributed by atoms with Crippen LogP contribution in [0.3, 0.4) is 0 Å². The summed E-state index contributed by atoms with van der Waals surface area (Å²) in [6.45, 7) is 5.54. The molecule has 7 bridgehead atoms. The second-order valence-corrected chi connectivity index (χ2v) is 14.5. The van der Waals surface area contributed by atoms with E-state index in [-0.39, 0.29) is 53.8 Å². The van der Waals surface area contributed by atoms with Crippen LogP contribution in [0, 0.1) is 40.4 Å². The summed E-state index contributed by atoms with van der Waals surface area (Å²) in [5.41, 5.74) is -2.03. The van der Waals surface area contributed by atoms with Crippen LogP contribution in [0.25, 0.3) is 0 Å². The molecule has 46 heavy (non-hydrogen) atoms. The highest BCUT2D eigenvalue weighted by Gasteiger charge is 2.87. The van der Waals surface area contributed by atoms with E-state index in [9.17, 15) is 14.7 Å². The largest absolute Gasteiger partial charge is 0.497 e. The fourth-order valence-corrected chi connectivity index (χ4v) is 12.3. The molecule has 1 aromatic rings. The van der Waals surface area contributed by atoms with Gasteiger partial charge in [0.2, 0.25) is 0 Å². The van der Waals surface area contributed by atoms with Crippen LogP contribution in [0.4, 0.5) is 0 Å². The molecular formula is C35H49NO10. The number of carbonyl (C=O) groups is 2. The maximum Gasteiger partial charge on any atom is 0.338 e. The number of nitrogens with zero attached hydrogens (tertiary/aromatic N) is 1. The number of ether oxygens (including phenoxy) is 7. The number of benzene rings is 1. The van der Waals surface area contributed by atoms with Crippen molar-refractivity contribution in [1.29, 1.82) is 0 Å². The van der Waals surface area contributed by atoms with Gasteiger partial charge in [0.1, 0.15) is 23.6 Å². The minimum atomic E-state index is -1.38. The highest BCUT2D eigenvalue weighted by atomic mass is 16.6. The van der Waals surface area contributed by atoms with Crippen molar-refractivity contribution in [1.82, 2.24) is 4.90 Å². The Morgan fingerprint density at radius 1 is 0.935 bits per heavy atom. The number of esters is 2. The first-order valence-electron chi connectivity index (χ1n) is 16.7. The van der Waals surface area contributed by atoms with Crippen LogP contribution >= 0.6 is 0 Å². The van der Waals surface area contributed by atoms with E-state index < -0.39 is 40.7 Å². The first-order chi connectivity index (χ1) is 22.1. The molecule has 1 saturated heterocycles. The molecule has 0 amide bonds. The fourth-order valence-electron chi connectivity index (χ4n) is 12.3. The SMILES string of the molecule is CCN1C[C@@]2(COC)[C@H]3[C@@H](OC)[C@H]4C1[C@]3([C@@H](OC)C[C@H]2OC(C)=O)[C@@H]1C[C@]2(O)[C@@H](OC)C[C@H]4[C@H]1[C@H]2OC(=O)c1ccc(OC)cc1. The molecule has 5 saturated carbocycles. The molecule has 14 atom stereocenters. The van der Waals surface area contributed by atoms with E-state index in [1.165, 1.54) is 6.92 Å². The summed E-state index contributed by atoms with van der Waals surface area (Å²) < 4.78 is 43.1. The van der Waals surface area contributed by atoms with E-state index in [2.05, 4.69) is 11.8 Å². The van der Waals surface area contributed by atoms with Gasteiger partial charge in [0, 0.05) is 83.0 Å². The summed E-state index contributed by atoms with van der Waals surface area (Å²) in [7, 11) is 8.46. The quantitative estimate of drug-likeness (QED) is 0.379. The molecule has 1 heterocycles. The lowest BCUT2D eigenvalue weighted by Gasteiger charge is -2.69. The Bertz CT molecular complexity index is 1340. The highest BCUT2D eigenvalue weighted by molar-refractivity contribution is 5.89. The molecule has 1 N–H and O–H groups in total. The zero-order valence-corrected chi connectivity index (χ0v) is 28.0. The Morgan fingerprint density at radius 3 is 2.24 bits per heavy atom. The van der Waals surface area contributed by atoms with Crippen molar-refractivity contribution in [2.24, 2.45) is 40.4 Å². The molecule has 7 rings (SSSR count). The van der Waals surface area contributed by atoms with Crippen molar-refractivity contribution in [3.8, 4) is 5.75 Å². The number of hydrogen-bond donors (Lipinski definition) is 1. The smallest absolute Gasteiger partial charge is 0.338 e. The third-order valence-electron chi connectivity index (χ3n) is 13.3. The van der Waals surface area contributed by atoms with Gasteiger partial charge in [-0.2, -0.15) is 0 Å². The molecule has 0 aromatic heterocycles. The number of carbonyl (C=O) groups excluding carboxylic acids is 2. The van der Waals surface area contributed by atoms with E-state index in [0.717, 1.165) is 6.54 Å². The van der Waals surface area contributed by atoms with E-state index in [1.807, 2.05) is 0 Å². The molecule has 11 nitrogen and oxygen atoms in total. The molecular weight excluding hydrogens is 594 g/mol. The van der Waals surface area contributed by atoms with Crippen LogP contribution in [0.15, 0.2) is 24.3 Å². The van der Waals surface area contributed by atoms with Gasteiger partial charge in [0.25, 0.3) is 0 Å². The normalized spacial score (nSPS) is 46.6. The van der Waals surface area contributed by atoms with Crippen molar-refractivity contribution in [3.05, 3.63) is 29.8 Å². The molecule has 11 heteroatoms. The number of methoxy groups -OCH3 is 5. The monoisotopic (exact) mass is 643 g/mol. The summed E-state index contributed by atoms with van der Waals surface area (Å²) in [6.07, 6.45) is -0.653. The van der Waals surface area contributed by atoms with Crippen molar-refractivity contribution >= 4 is 11.9 Å². The summed E-state index contributed by atoms with van der Waals surface area (Å²) in [5, 5.41) is 12.7. The molecule has 254 valence electrons. The van der Waals surface area contributed by atoms with Crippen LogP contribution in [-0.4, -0.2) is 119 Å². The predicted octanol–water partition coefficient (Wildman–Crippen LogP) is 2.57. The van der Waals surface area contributed by atoms with E-state index in [0.29, 0.717) is 43.7 Å². The molecule has 5 aliphatic carbocycles. The van der Waals surface area contributed by atoms with Crippen LogP contribution in [0.2, 0.25) is 0 Å². The third kappa shape index (κ3) is 3.99. The molecule has 6 aliphatic rings. The Labute approximate surface area is 271 Å². The van der Waals surface area contributed by atoms with Crippen LogP contribution in [0.5, 0.6) is 5.75 Å². The van der Waals surface area contributed by atoms with Crippen molar-refractivity contribution in [2.75, 3.05) is 55.2 Å². The van der Waals surface area contributed by atoms with Crippen LogP contribution in [0.1, 0.15) is 43.5 Å². The Hall–Kier alpha value is -2.28. The number of fused-ring (bicyclic) bond motifs is 2. The van der Waals surface area contributed by atoms with E-state index in [1.54, 1.807) is 59.8 Å². The van der Waals surface area contributed by atoms with Gasteiger partial charge in [0.15, 0.2) is 0 Å². The Kier molecular flexibility index (Phi) is 8.01. The van der Waals surface area contributed by atoms with Gasteiger partial charge in [-0.3, -0.25) is 9.69 Å². The summed E-state index contributed by atoms with van der Waals surface area (Å²) in [5.74, 6) is -0.356. The lowest BCUT2D eigenvalue weighted by molar-refractivity contribution is -0.284. The average molecular weight is 644 g/mol. The van der Waals surface area contributed by atoms with E-state index >= 15 is 0 Å². The number of hydrogen-bond acceptors (Lipinski definition) is 11. The van der Waals surface area contributed by atoms with Crippen LogP contribution < -0.4 is 4.74 Å². The molecule has 6 fully saturated rings. The number of likely N-dealkylation sites (tertiary alicyclic amines) is 1. The zero-order chi connectivity index (χ0) is 32.8. The maximum atomic E-state index is 13.8. The fraction of sp³-hybridized carbons (Fsp3) is 0.771. The Morgan fingerprint density at radius 2 is 1.65 bits per heavy atom. The molecule has 1 aliphatic heterocycles. The van der Waals surface area contributed by atoms with Gasteiger partial charge in [-0.15, -0.1) is 0 Å². The number of piperidine rings is 1. The van der Waals surface area contributed by atoms with Gasteiger partial charge in [-0.1, -0.05) is 6.92 Å².